The monoisotopic (exact) mass is 454 g/mol. The summed E-state index contributed by atoms with van der Waals surface area (Å²) in [5, 5.41) is 0. The lowest BCUT2D eigenvalue weighted by atomic mass is 10.2. The number of halogens is 1. The summed E-state index contributed by atoms with van der Waals surface area (Å²) in [7, 11) is -3.57. The van der Waals surface area contributed by atoms with Gasteiger partial charge in [-0.3, -0.25) is 4.90 Å². The fraction of sp³-hybridized carbons (Fsp3) is 0.400. The smallest absolute Gasteiger partial charge is 0.243 e. The Kier molecular flexibility index (Phi) is 5.97. The number of benzene rings is 2. The molecule has 30 heavy (non-hydrogen) atoms. The quantitative estimate of drug-likeness (QED) is 0.700. The van der Waals surface area contributed by atoms with Crippen LogP contribution in [0.1, 0.15) is 5.56 Å². The zero-order chi connectivity index (χ0) is 19.8. The second kappa shape index (κ2) is 8.50. The van der Waals surface area contributed by atoms with Crippen molar-refractivity contribution in [3.8, 4) is 23.0 Å². The normalized spacial score (nSPS) is 18.7. The molecule has 0 N–H and O–H groups in total. The van der Waals surface area contributed by atoms with Crippen molar-refractivity contribution in [1.29, 1.82) is 0 Å². The minimum absolute atomic E-state index is 0. The Balaban J connectivity index is 0.00000218. The number of fused-ring (bicyclic) bond motifs is 2. The van der Waals surface area contributed by atoms with Crippen molar-refractivity contribution in [2.45, 2.75) is 11.4 Å². The van der Waals surface area contributed by atoms with Crippen LogP contribution >= 0.6 is 12.4 Å². The molecule has 10 heteroatoms. The number of rotatable bonds is 4. The number of piperazine rings is 1. The van der Waals surface area contributed by atoms with Gasteiger partial charge in [0.25, 0.3) is 0 Å². The van der Waals surface area contributed by atoms with E-state index >= 15 is 0 Å². The molecule has 0 radical (unpaired) electrons. The summed E-state index contributed by atoms with van der Waals surface area (Å²) in [6.07, 6.45) is 0. The summed E-state index contributed by atoms with van der Waals surface area (Å²) in [5.41, 5.74) is 1.12. The Morgan fingerprint density at radius 2 is 1.40 bits per heavy atom. The number of ether oxygens (including phenoxy) is 4. The van der Waals surface area contributed by atoms with Crippen LogP contribution in [-0.2, 0) is 16.6 Å². The van der Waals surface area contributed by atoms with Crippen LogP contribution in [0.25, 0.3) is 0 Å². The van der Waals surface area contributed by atoms with Crippen molar-refractivity contribution in [3.63, 3.8) is 0 Å². The van der Waals surface area contributed by atoms with Crippen LogP contribution in [0.3, 0.4) is 0 Å². The molecule has 1 fully saturated rings. The highest BCUT2D eigenvalue weighted by Gasteiger charge is 2.30. The van der Waals surface area contributed by atoms with E-state index in [1.807, 2.05) is 18.2 Å². The van der Waals surface area contributed by atoms with E-state index in [0.29, 0.717) is 50.9 Å². The van der Waals surface area contributed by atoms with Gasteiger partial charge in [-0.2, -0.15) is 4.31 Å². The van der Waals surface area contributed by atoms with Crippen molar-refractivity contribution in [2.75, 3.05) is 46.2 Å². The summed E-state index contributed by atoms with van der Waals surface area (Å²) in [5.74, 6) is 2.61. The lowest BCUT2D eigenvalue weighted by Crippen LogP contribution is -2.48. The van der Waals surface area contributed by atoms with Gasteiger partial charge < -0.3 is 18.9 Å². The maximum Gasteiger partial charge on any atom is 0.243 e. The predicted octanol–water partition coefficient (Wildman–Crippen LogP) is 2.11. The molecule has 0 aliphatic carbocycles. The van der Waals surface area contributed by atoms with Gasteiger partial charge in [-0.05, 0) is 29.8 Å². The largest absolute Gasteiger partial charge is 0.486 e. The summed E-state index contributed by atoms with van der Waals surface area (Å²) in [6, 6.07) is 10.7. The summed E-state index contributed by atoms with van der Waals surface area (Å²) in [6.45, 7) is 4.13. The molecule has 1 saturated heterocycles. The molecule has 0 aromatic heterocycles. The zero-order valence-electron chi connectivity index (χ0n) is 16.3. The number of sulfonamides is 1. The summed E-state index contributed by atoms with van der Waals surface area (Å²) < 4.78 is 49.4. The summed E-state index contributed by atoms with van der Waals surface area (Å²) in [4.78, 5) is 2.49. The van der Waals surface area contributed by atoms with Gasteiger partial charge in [-0.1, -0.05) is 6.07 Å². The van der Waals surface area contributed by atoms with Gasteiger partial charge >= 0.3 is 0 Å². The van der Waals surface area contributed by atoms with E-state index < -0.39 is 10.0 Å². The fourth-order valence-electron chi connectivity index (χ4n) is 3.76. The molecular weight excluding hydrogens is 432 g/mol. The molecule has 0 unspecified atom stereocenters. The lowest BCUT2D eigenvalue weighted by Gasteiger charge is -2.34. The molecule has 162 valence electrons. The molecule has 8 nitrogen and oxygen atoms in total. The average molecular weight is 455 g/mol. The third kappa shape index (κ3) is 4.02. The van der Waals surface area contributed by atoms with E-state index in [4.69, 9.17) is 18.9 Å². The van der Waals surface area contributed by atoms with Gasteiger partial charge in [0.15, 0.2) is 23.0 Å². The van der Waals surface area contributed by atoms with E-state index in [9.17, 15) is 8.42 Å². The number of nitrogens with zero attached hydrogens (tertiary/aromatic N) is 2. The molecular formula is C20H23ClN2O6S. The highest BCUT2D eigenvalue weighted by atomic mass is 35.5. The van der Waals surface area contributed by atoms with Gasteiger partial charge in [0.05, 0.1) is 4.90 Å². The Labute approximate surface area is 181 Å². The molecule has 2 aromatic carbocycles. The molecule has 5 rings (SSSR count). The van der Waals surface area contributed by atoms with Crippen LogP contribution in [-0.4, -0.2) is 63.8 Å². The fourth-order valence-corrected chi connectivity index (χ4v) is 5.20. The first-order valence-corrected chi connectivity index (χ1v) is 11.0. The van der Waals surface area contributed by atoms with E-state index in [1.54, 1.807) is 18.2 Å². The lowest BCUT2D eigenvalue weighted by molar-refractivity contribution is 0.170. The van der Waals surface area contributed by atoms with E-state index in [0.717, 1.165) is 23.6 Å². The van der Waals surface area contributed by atoms with Crippen molar-refractivity contribution >= 4 is 22.4 Å². The van der Waals surface area contributed by atoms with Gasteiger partial charge in [-0.25, -0.2) is 8.42 Å². The highest BCUT2D eigenvalue weighted by Crippen LogP contribution is 2.34. The Hall–Kier alpha value is -2.20. The minimum Gasteiger partial charge on any atom is -0.486 e. The van der Waals surface area contributed by atoms with Crippen LogP contribution in [0.15, 0.2) is 41.3 Å². The number of hydrogen-bond acceptors (Lipinski definition) is 7. The van der Waals surface area contributed by atoms with Crippen LogP contribution in [0.2, 0.25) is 0 Å². The molecule has 0 atom stereocenters. The molecule has 0 spiro atoms. The van der Waals surface area contributed by atoms with Crippen LogP contribution in [0.4, 0.5) is 0 Å². The first-order valence-electron chi connectivity index (χ1n) is 9.60. The first kappa shape index (κ1) is 21.0. The van der Waals surface area contributed by atoms with Gasteiger partial charge in [0.2, 0.25) is 16.8 Å². The SMILES string of the molecule is Cl.O=S(=O)(c1ccc2c(c1)OCCO2)N1CCN(Cc2ccc3c(c2)OCO3)CC1. The number of hydrogen-bond donors (Lipinski definition) is 0. The molecule has 0 saturated carbocycles. The van der Waals surface area contributed by atoms with E-state index in [1.165, 1.54) is 4.31 Å². The zero-order valence-corrected chi connectivity index (χ0v) is 17.9. The average Bonchev–Trinajstić information content (AvgIpc) is 3.22. The molecule has 0 amide bonds. The third-order valence-corrected chi connectivity index (χ3v) is 7.22. The standard InChI is InChI=1S/C20H22N2O6S.ClH/c23-29(24,16-2-4-17-20(12-16)26-10-9-25-17)22-7-5-21(6-8-22)13-15-1-3-18-19(11-15)28-14-27-18;/h1-4,11-12H,5-10,13-14H2;1H. The van der Waals surface area contributed by atoms with Crippen molar-refractivity contribution in [3.05, 3.63) is 42.0 Å². The Morgan fingerprint density at radius 3 is 2.20 bits per heavy atom. The predicted molar refractivity (Wildman–Crippen MR) is 111 cm³/mol. The molecule has 2 aromatic rings. The molecule has 3 heterocycles. The Morgan fingerprint density at radius 1 is 0.767 bits per heavy atom. The molecule has 3 aliphatic heterocycles. The van der Waals surface area contributed by atoms with E-state index in [-0.39, 0.29) is 24.1 Å². The van der Waals surface area contributed by atoms with Crippen molar-refractivity contribution in [2.24, 2.45) is 0 Å². The maximum atomic E-state index is 13.0. The first-order chi connectivity index (χ1) is 14.1. The van der Waals surface area contributed by atoms with Gasteiger partial charge in [0.1, 0.15) is 13.2 Å². The van der Waals surface area contributed by atoms with Crippen molar-refractivity contribution in [1.82, 2.24) is 9.21 Å². The van der Waals surface area contributed by atoms with Crippen LogP contribution in [0.5, 0.6) is 23.0 Å². The van der Waals surface area contributed by atoms with Gasteiger partial charge in [-0.15, -0.1) is 12.4 Å². The van der Waals surface area contributed by atoms with Gasteiger partial charge in [0, 0.05) is 38.8 Å². The highest BCUT2D eigenvalue weighted by molar-refractivity contribution is 7.89. The topological polar surface area (TPSA) is 77.5 Å². The maximum absolute atomic E-state index is 13.0. The van der Waals surface area contributed by atoms with E-state index in [2.05, 4.69) is 4.90 Å². The minimum atomic E-state index is -3.57. The summed E-state index contributed by atoms with van der Waals surface area (Å²) >= 11 is 0. The molecule has 0 bridgehead atoms. The second-order valence-electron chi connectivity index (χ2n) is 7.17. The molecule has 3 aliphatic rings. The van der Waals surface area contributed by atoms with Crippen LogP contribution in [0, 0.1) is 0 Å². The third-order valence-electron chi connectivity index (χ3n) is 5.33. The van der Waals surface area contributed by atoms with Crippen molar-refractivity contribution < 1.29 is 27.4 Å². The second-order valence-corrected chi connectivity index (χ2v) is 9.11. The Bertz CT molecular complexity index is 1020. The van der Waals surface area contributed by atoms with Crippen LogP contribution < -0.4 is 18.9 Å².